The molecule has 0 saturated carbocycles. The van der Waals surface area contributed by atoms with Crippen molar-refractivity contribution < 1.29 is 22.3 Å². The lowest BCUT2D eigenvalue weighted by atomic mass is 10.1. The van der Waals surface area contributed by atoms with Gasteiger partial charge >= 0.3 is 0 Å². The minimum atomic E-state index is -4.19. The fraction of sp³-hybridized carbons (Fsp3) is 0.138. The number of nitrogens with zero attached hydrogens (tertiary/aromatic N) is 1. The van der Waals surface area contributed by atoms with E-state index in [4.69, 9.17) is 27.9 Å². The molecule has 0 atom stereocenters. The van der Waals surface area contributed by atoms with Crippen LogP contribution in [0.2, 0.25) is 9.36 Å². The summed E-state index contributed by atoms with van der Waals surface area (Å²) in [4.78, 5) is 12.7. The Hall–Kier alpha value is -3.21. The maximum Gasteiger partial charge on any atom is 0.273 e. The van der Waals surface area contributed by atoms with Crippen LogP contribution in [0, 0.1) is 12.7 Å². The number of thiophene rings is 1. The van der Waals surface area contributed by atoms with Gasteiger partial charge in [-0.25, -0.2) is 17.5 Å². The van der Waals surface area contributed by atoms with Crippen molar-refractivity contribution in [3.8, 4) is 16.8 Å². The number of ether oxygens (including phenoxy) is 1. The van der Waals surface area contributed by atoms with Gasteiger partial charge in [0.2, 0.25) is 0 Å². The van der Waals surface area contributed by atoms with Crippen LogP contribution in [0.1, 0.15) is 22.4 Å². The van der Waals surface area contributed by atoms with Gasteiger partial charge in [0.15, 0.2) is 0 Å². The van der Waals surface area contributed by atoms with E-state index in [0.717, 1.165) is 51.0 Å². The highest BCUT2D eigenvalue weighted by molar-refractivity contribution is 7.92. The molecule has 204 valence electrons. The van der Waals surface area contributed by atoms with Gasteiger partial charge in [-0.2, -0.15) is 0 Å². The summed E-state index contributed by atoms with van der Waals surface area (Å²) in [6, 6.07) is 16.1. The monoisotopic (exact) mass is 614 g/mol. The van der Waals surface area contributed by atoms with Gasteiger partial charge in [-0.1, -0.05) is 53.5 Å². The molecule has 40 heavy (non-hydrogen) atoms. The maximum atomic E-state index is 14.9. The summed E-state index contributed by atoms with van der Waals surface area (Å²) in [5.74, 6) is -1.38. The second-order valence-corrected chi connectivity index (χ2v) is 13.4. The minimum Gasteiger partial charge on any atom is -0.376 e. The Morgan fingerprint density at radius 1 is 1.12 bits per heavy atom. The van der Waals surface area contributed by atoms with E-state index < -0.39 is 21.7 Å². The number of carbonyl (C=O) groups excluding carboxylic acids is 1. The normalized spacial score (nSPS) is 13.8. The molecule has 1 amide bonds. The van der Waals surface area contributed by atoms with Gasteiger partial charge in [0.1, 0.15) is 14.4 Å². The third-order valence-corrected chi connectivity index (χ3v) is 10.6. The summed E-state index contributed by atoms with van der Waals surface area (Å²) < 4.78 is 50.0. The zero-order valence-electron chi connectivity index (χ0n) is 21.0. The molecule has 0 bridgehead atoms. The fourth-order valence-electron chi connectivity index (χ4n) is 5.19. The van der Waals surface area contributed by atoms with Gasteiger partial charge in [0.25, 0.3) is 15.9 Å². The molecule has 11 heteroatoms. The molecule has 1 aliphatic heterocycles. The van der Waals surface area contributed by atoms with Crippen LogP contribution in [-0.4, -0.2) is 25.5 Å². The van der Waals surface area contributed by atoms with E-state index in [2.05, 4.69) is 22.8 Å². The topological polar surface area (TPSA) is 77.4 Å². The van der Waals surface area contributed by atoms with Crippen LogP contribution in [0.25, 0.3) is 33.8 Å². The second-order valence-electron chi connectivity index (χ2n) is 9.40. The van der Waals surface area contributed by atoms with Gasteiger partial charge in [0.05, 0.1) is 29.4 Å². The number of benzene rings is 1. The summed E-state index contributed by atoms with van der Waals surface area (Å²) in [6.07, 6.45) is 3.12. The quantitative estimate of drug-likeness (QED) is 0.213. The van der Waals surface area contributed by atoms with Crippen molar-refractivity contribution in [1.82, 2.24) is 9.29 Å². The predicted molar refractivity (Wildman–Crippen MR) is 157 cm³/mol. The highest BCUT2D eigenvalue weighted by atomic mass is 35.5. The van der Waals surface area contributed by atoms with E-state index in [1.165, 1.54) is 24.3 Å². The molecule has 0 radical (unpaired) electrons. The molecule has 3 aromatic rings. The van der Waals surface area contributed by atoms with Gasteiger partial charge in [-0.15, -0.1) is 11.3 Å². The molecule has 1 N–H and O–H groups in total. The molecule has 6 rings (SSSR count). The number of aromatic nitrogens is 1. The molecule has 0 unspecified atom stereocenters. The van der Waals surface area contributed by atoms with Crippen molar-refractivity contribution in [2.75, 3.05) is 6.61 Å². The molecular formula is C29H21Cl2FN2O4S2. The lowest BCUT2D eigenvalue weighted by Crippen LogP contribution is -2.28. The zero-order valence-corrected chi connectivity index (χ0v) is 24.1. The van der Waals surface area contributed by atoms with Crippen molar-refractivity contribution in [3.05, 3.63) is 98.2 Å². The number of hydrogen-bond donors (Lipinski definition) is 1. The molecule has 0 saturated heterocycles. The molecular weight excluding hydrogens is 594 g/mol. The Balaban J connectivity index is 1.48. The first-order valence-electron chi connectivity index (χ1n) is 12.3. The molecule has 2 aliphatic carbocycles. The summed E-state index contributed by atoms with van der Waals surface area (Å²) in [5, 5.41) is 0.757. The van der Waals surface area contributed by atoms with Gasteiger partial charge in [-0.3, -0.25) is 4.79 Å². The van der Waals surface area contributed by atoms with E-state index >= 15 is 0 Å². The molecule has 3 heterocycles. The molecule has 6 nitrogen and oxygen atoms in total. The zero-order chi connectivity index (χ0) is 28.2. The first-order chi connectivity index (χ1) is 19.1. The average Bonchev–Trinajstić information content (AvgIpc) is 3.44. The van der Waals surface area contributed by atoms with Crippen molar-refractivity contribution in [2.24, 2.45) is 0 Å². The van der Waals surface area contributed by atoms with Gasteiger partial charge in [-0.05, 0) is 48.4 Å². The molecule has 1 aromatic carbocycles. The first-order valence-corrected chi connectivity index (χ1v) is 15.3. The van der Waals surface area contributed by atoms with Crippen LogP contribution >= 0.6 is 34.5 Å². The summed E-state index contributed by atoms with van der Waals surface area (Å²) >= 11 is 12.5. The third-order valence-electron chi connectivity index (χ3n) is 6.87. The Morgan fingerprint density at radius 3 is 2.65 bits per heavy atom. The van der Waals surface area contributed by atoms with E-state index in [-0.39, 0.29) is 13.6 Å². The summed E-state index contributed by atoms with van der Waals surface area (Å²) in [5.41, 5.74) is 7.20. The Morgan fingerprint density at radius 2 is 1.90 bits per heavy atom. The minimum absolute atomic E-state index is 0.0785. The molecule has 0 fully saturated rings. The highest BCUT2D eigenvalue weighted by Gasteiger charge is 2.27. The van der Waals surface area contributed by atoms with Crippen LogP contribution in [0.3, 0.4) is 0 Å². The lowest BCUT2D eigenvalue weighted by Gasteiger charge is -2.17. The number of halogens is 3. The van der Waals surface area contributed by atoms with Crippen LogP contribution in [-0.2, 0) is 32.6 Å². The number of fused-ring (bicyclic) bond motifs is 4. The third kappa shape index (κ3) is 4.71. The van der Waals surface area contributed by atoms with Crippen LogP contribution in [0.5, 0.6) is 0 Å². The Labute approximate surface area is 244 Å². The molecule has 0 spiro atoms. The number of amides is 1. The number of nitrogens with one attached hydrogen (secondary N) is 1. The van der Waals surface area contributed by atoms with Gasteiger partial charge < -0.3 is 9.30 Å². The Kier molecular flexibility index (Phi) is 6.96. The number of sulfonamides is 1. The average molecular weight is 616 g/mol. The number of carbonyl (C=O) groups is 1. The molecule has 3 aliphatic rings. The number of aryl methyl sites for hydroxylation is 1. The smallest absolute Gasteiger partial charge is 0.273 e. The van der Waals surface area contributed by atoms with E-state index in [1.807, 2.05) is 29.8 Å². The lowest BCUT2D eigenvalue weighted by molar-refractivity contribution is -0.114. The van der Waals surface area contributed by atoms with Crippen molar-refractivity contribution >= 4 is 67.4 Å². The van der Waals surface area contributed by atoms with Crippen molar-refractivity contribution in [3.63, 3.8) is 0 Å². The number of rotatable bonds is 5. The SMILES string of the molecule is Cc1cc(-n2c3c(c4cc(F)cc(/C=C/C(=O)NS(=O)(=O)c5cc(Cl)c(Cl)s5)c42)COCC3)c2cccccc1-2. The van der Waals surface area contributed by atoms with E-state index in [1.54, 1.807) is 0 Å². The maximum absolute atomic E-state index is 14.9. The second kappa shape index (κ2) is 10.3. The standard InChI is InChI=1S/C29H21Cl2FN2O4S2/c1-16-11-25(20-6-4-2-3-5-19(16)20)34-24-9-10-38-15-22(24)21-13-18(32)12-17(28(21)34)7-8-26(35)33-40(36,37)27-14-23(30)29(31)39-27/h2-8,11-14H,9-10,15H2,1H3,(H,33,35)/b8-7+. The largest absolute Gasteiger partial charge is 0.376 e. The highest BCUT2D eigenvalue weighted by Crippen LogP contribution is 2.41. The predicted octanol–water partition coefficient (Wildman–Crippen LogP) is 7.14. The van der Waals surface area contributed by atoms with Crippen LogP contribution in [0.4, 0.5) is 4.39 Å². The first kappa shape index (κ1) is 27.0. The summed E-state index contributed by atoms with van der Waals surface area (Å²) in [7, 11) is -4.19. The van der Waals surface area contributed by atoms with Crippen molar-refractivity contribution in [1.29, 1.82) is 0 Å². The van der Waals surface area contributed by atoms with Crippen LogP contribution in [0.15, 0.2) is 64.9 Å². The van der Waals surface area contributed by atoms with E-state index in [9.17, 15) is 17.6 Å². The van der Waals surface area contributed by atoms with Crippen molar-refractivity contribution in [2.45, 2.75) is 24.2 Å². The Bertz CT molecular complexity index is 1910. The molecule has 2 aromatic heterocycles. The fourth-order valence-corrected chi connectivity index (χ4v) is 8.01. The van der Waals surface area contributed by atoms with Gasteiger partial charge in [0, 0.05) is 40.3 Å². The summed E-state index contributed by atoms with van der Waals surface area (Å²) in [6.45, 7) is 2.91. The van der Waals surface area contributed by atoms with Crippen LogP contribution < -0.4 is 4.72 Å². The van der Waals surface area contributed by atoms with E-state index in [0.29, 0.717) is 36.1 Å². The number of hydrogen-bond acceptors (Lipinski definition) is 5.